The van der Waals surface area contributed by atoms with Crippen LogP contribution in [0.5, 0.6) is 11.6 Å². The summed E-state index contributed by atoms with van der Waals surface area (Å²) < 4.78 is 8.59. The van der Waals surface area contributed by atoms with E-state index in [-0.39, 0.29) is 0 Å². The van der Waals surface area contributed by atoms with Crippen molar-refractivity contribution in [1.29, 1.82) is 0 Å². The third-order valence-electron chi connectivity index (χ3n) is 5.96. The zero-order valence-corrected chi connectivity index (χ0v) is 21.8. The van der Waals surface area contributed by atoms with Gasteiger partial charge in [-0.1, -0.05) is 43.1 Å². The van der Waals surface area contributed by atoms with Gasteiger partial charge in [0.05, 0.1) is 5.52 Å². The Kier molecular flexibility index (Phi) is 8.52. The first-order chi connectivity index (χ1) is 16.6. The van der Waals surface area contributed by atoms with Crippen LogP contribution < -0.4 is 4.74 Å². The third kappa shape index (κ3) is 5.94. The number of ether oxygens (including phenoxy) is 1. The number of hydrogen-bond acceptors (Lipinski definition) is 4. The van der Waals surface area contributed by atoms with Crippen molar-refractivity contribution in [3.63, 3.8) is 0 Å². The van der Waals surface area contributed by atoms with Crippen LogP contribution in [0.1, 0.15) is 49.7 Å². The number of fused-ring (bicyclic) bond motifs is 1. The minimum absolute atomic E-state index is 0.597. The summed E-state index contributed by atoms with van der Waals surface area (Å²) in [6.07, 6.45) is 5.50. The van der Waals surface area contributed by atoms with Crippen LogP contribution in [0.2, 0.25) is 5.02 Å². The van der Waals surface area contributed by atoms with Gasteiger partial charge in [0.1, 0.15) is 11.6 Å². The van der Waals surface area contributed by atoms with Gasteiger partial charge in [0.2, 0.25) is 5.88 Å². The van der Waals surface area contributed by atoms with Gasteiger partial charge < -0.3 is 9.30 Å². The van der Waals surface area contributed by atoms with E-state index < -0.39 is 0 Å². The number of halogens is 1. The maximum atomic E-state index is 6.18. The average molecular weight is 494 g/mol. The molecule has 4 nitrogen and oxygen atoms in total. The van der Waals surface area contributed by atoms with Crippen LogP contribution in [0.3, 0.4) is 0 Å². The van der Waals surface area contributed by atoms with Crippen LogP contribution in [0.15, 0.2) is 59.5 Å². The van der Waals surface area contributed by atoms with Crippen LogP contribution in [-0.4, -0.2) is 20.3 Å². The fraction of sp³-hybridized carbons (Fsp3) is 0.357. The van der Waals surface area contributed by atoms with Crippen molar-refractivity contribution in [3.05, 3.63) is 76.7 Å². The molecule has 34 heavy (non-hydrogen) atoms. The van der Waals surface area contributed by atoms with Crippen molar-refractivity contribution in [1.82, 2.24) is 14.5 Å². The SMILES string of the molecule is CCCc1nc2c(Oc3ccccc3)nc(C)c(C)c2n1CCCCCSc1ccc(Cl)cc1. The molecule has 4 aromatic rings. The molecule has 178 valence electrons. The monoisotopic (exact) mass is 493 g/mol. The van der Waals surface area contributed by atoms with Crippen LogP contribution in [0, 0.1) is 13.8 Å². The quantitative estimate of drug-likeness (QED) is 0.155. The van der Waals surface area contributed by atoms with Crippen LogP contribution >= 0.6 is 23.4 Å². The van der Waals surface area contributed by atoms with E-state index in [1.54, 1.807) is 0 Å². The highest BCUT2D eigenvalue weighted by atomic mass is 35.5. The Morgan fingerprint density at radius 1 is 0.941 bits per heavy atom. The molecule has 2 heterocycles. The van der Waals surface area contributed by atoms with Gasteiger partial charge in [-0.25, -0.2) is 9.97 Å². The molecular weight excluding hydrogens is 462 g/mol. The first-order valence-corrected chi connectivity index (χ1v) is 13.4. The summed E-state index contributed by atoms with van der Waals surface area (Å²) in [7, 11) is 0. The second-order valence-corrected chi connectivity index (χ2v) is 10.1. The zero-order valence-electron chi connectivity index (χ0n) is 20.2. The topological polar surface area (TPSA) is 39.9 Å². The van der Waals surface area contributed by atoms with Gasteiger partial charge in [-0.05, 0) is 80.8 Å². The Balaban J connectivity index is 1.48. The molecule has 0 bridgehead atoms. The molecule has 4 rings (SSSR count). The van der Waals surface area contributed by atoms with Gasteiger partial charge in [0.15, 0.2) is 5.52 Å². The largest absolute Gasteiger partial charge is 0.437 e. The van der Waals surface area contributed by atoms with Gasteiger partial charge in [-0.3, -0.25) is 0 Å². The Labute approximate surface area is 211 Å². The number of para-hydroxylation sites is 1. The van der Waals surface area contributed by atoms with E-state index in [2.05, 4.69) is 37.5 Å². The predicted molar refractivity (Wildman–Crippen MR) is 144 cm³/mol. The van der Waals surface area contributed by atoms with E-state index in [1.807, 2.05) is 54.2 Å². The lowest BCUT2D eigenvalue weighted by atomic mass is 10.2. The molecule has 0 amide bonds. The number of pyridine rings is 1. The molecular formula is C28H32ClN3OS. The molecule has 0 N–H and O–H groups in total. The van der Waals surface area contributed by atoms with Gasteiger partial charge >= 0.3 is 0 Å². The van der Waals surface area contributed by atoms with Gasteiger partial charge in [0.25, 0.3) is 0 Å². The lowest BCUT2D eigenvalue weighted by Gasteiger charge is -2.13. The minimum atomic E-state index is 0.597. The number of rotatable bonds is 11. The second-order valence-electron chi connectivity index (χ2n) is 8.53. The summed E-state index contributed by atoms with van der Waals surface area (Å²) in [6, 6.07) is 17.9. The highest BCUT2D eigenvalue weighted by Crippen LogP contribution is 2.32. The molecule has 0 unspecified atom stereocenters. The fourth-order valence-electron chi connectivity index (χ4n) is 4.09. The van der Waals surface area contributed by atoms with Crippen molar-refractivity contribution in [3.8, 4) is 11.6 Å². The molecule has 0 saturated carbocycles. The first kappa shape index (κ1) is 24.6. The smallest absolute Gasteiger partial charge is 0.247 e. The standard InChI is InChI=1S/C28H32ClN3OS/c1-4-11-25-31-26-27(20(2)21(3)30-28(26)33-23-12-7-5-8-13-23)32(25)18-9-6-10-19-34-24-16-14-22(29)15-17-24/h5,7-8,12-17H,4,6,9-11,18-19H2,1-3H3. The molecule has 0 fully saturated rings. The molecule has 0 aliphatic rings. The normalized spacial score (nSPS) is 11.3. The number of aromatic nitrogens is 3. The summed E-state index contributed by atoms with van der Waals surface area (Å²) in [5.41, 5.74) is 4.21. The number of nitrogens with zero attached hydrogens (tertiary/aromatic N) is 3. The van der Waals surface area contributed by atoms with E-state index in [9.17, 15) is 0 Å². The highest BCUT2D eigenvalue weighted by molar-refractivity contribution is 7.99. The van der Waals surface area contributed by atoms with Crippen molar-refractivity contribution in [2.75, 3.05) is 5.75 Å². The van der Waals surface area contributed by atoms with Crippen molar-refractivity contribution in [2.24, 2.45) is 0 Å². The summed E-state index contributed by atoms with van der Waals surface area (Å²) in [5, 5.41) is 0.790. The molecule has 0 aliphatic carbocycles. The Morgan fingerprint density at radius 2 is 1.71 bits per heavy atom. The van der Waals surface area contributed by atoms with E-state index >= 15 is 0 Å². The third-order valence-corrected chi connectivity index (χ3v) is 7.31. The van der Waals surface area contributed by atoms with Gasteiger partial charge in [0, 0.05) is 28.6 Å². The molecule has 6 heteroatoms. The van der Waals surface area contributed by atoms with Crippen LogP contribution in [-0.2, 0) is 13.0 Å². The number of hydrogen-bond donors (Lipinski definition) is 0. The molecule has 0 radical (unpaired) electrons. The number of benzene rings is 2. The average Bonchev–Trinajstić information content (AvgIpc) is 3.20. The van der Waals surface area contributed by atoms with Crippen LogP contribution in [0.25, 0.3) is 11.0 Å². The van der Waals surface area contributed by atoms with E-state index in [0.717, 1.165) is 64.9 Å². The van der Waals surface area contributed by atoms with Crippen molar-refractivity contribution < 1.29 is 4.74 Å². The predicted octanol–water partition coefficient (Wildman–Crippen LogP) is 8.41. The Morgan fingerprint density at radius 3 is 2.44 bits per heavy atom. The first-order valence-electron chi connectivity index (χ1n) is 12.0. The Hall–Kier alpha value is -2.50. The maximum Gasteiger partial charge on any atom is 0.247 e. The number of aryl methyl sites for hydroxylation is 4. The number of thioether (sulfide) groups is 1. The second kappa shape index (κ2) is 11.8. The maximum absolute atomic E-state index is 6.18. The zero-order chi connectivity index (χ0) is 23.9. The van der Waals surface area contributed by atoms with E-state index in [4.69, 9.17) is 26.3 Å². The molecule has 2 aromatic heterocycles. The summed E-state index contributed by atoms with van der Waals surface area (Å²) in [6.45, 7) is 7.37. The molecule has 0 spiro atoms. The summed E-state index contributed by atoms with van der Waals surface area (Å²) in [4.78, 5) is 11.1. The number of imidazole rings is 1. The van der Waals surface area contributed by atoms with E-state index in [0.29, 0.717) is 5.88 Å². The molecule has 0 saturated heterocycles. The summed E-state index contributed by atoms with van der Waals surface area (Å²) in [5.74, 6) is 3.62. The Bertz CT molecular complexity index is 1220. The minimum Gasteiger partial charge on any atom is -0.437 e. The van der Waals surface area contributed by atoms with Gasteiger partial charge in [-0.2, -0.15) is 0 Å². The fourth-order valence-corrected chi connectivity index (χ4v) is 5.12. The van der Waals surface area contributed by atoms with Crippen molar-refractivity contribution in [2.45, 2.75) is 64.3 Å². The van der Waals surface area contributed by atoms with Crippen molar-refractivity contribution >= 4 is 34.4 Å². The number of unbranched alkanes of at least 4 members (excludes halogenated alkanes) is 2. The van der Waals surface area contributed by atoms with Gasteiger partial charge in [-0.15, -0.1) is 11.8 Å². The van der Waals surface area contributed by atoms with Crippen LogP contribution in [0.4, 0.5) is 0 Å². The van der Waals surface area contributed by atoms with E-state index in [1.165, 1.54) is 23.3 Å². The lowest BCUT2D eigenvalue weighted by Crippen LogP contribution is -2.06. The molecule has 0 atom stereocenters. The molecule has 2 aromatic carbocycles. The molecule has 0 aliphatic heterocycles. The summed E-state index contributed by atoms with van der Waals surface area (Å²) >= 11 is 7.88. The lowest BCUT2D eigenvalue weighted by molar-refractivity contribution is 0.466. The highest BCUT2D eigenvalue weighted by Gasteiger charge is 2.19.